The third kappa shape index (κ3) is 2.39. The van der Waals surface area contributed by atoms with Crippen molar-refractivity contribution in [2.24, 2.45) is 0 Å². The number of thiazole rings is 1. The lowest BCUT2D eigenvalue weighted by atomic mass is 10.3. The summed E-state index contributed by atoms with van der Waals surface area (Å²) in [4.78, 5) is 13.3. The lowest BCUT2D eigenvalue weighted by molar-refractivity contribution is 1.11. The molecule has 0 aliphatic carbocycles. The highest BCUT2D eigenvalue weighted by Gasteiger charge is 2.12. The molecule has 7 heteroatoms. The maximum Gasteiger partial charge on any atom is 0.235 e. The minimum atomic E-state index is 0.617. The molecule has 0 radical (unpaired) electrons. The van der Waals surface area contributed by atoms with E-state index in [4.69, 9.17) is 11.6 Å². The highest BCUT2D eigenvalue weighted by atomic mass is 35.5. The fourth-order valence-corrected chi connectivity index (χ4v) is 4.36. The standard InChI is InChI=1S/C14H9ClN4S2/c15-12-10(17-13-16-6-3-7-19(12)13)8-20-14-18-9-4-1-2-5-11(9)21-14/h1-7H,8H2. The number of benzene rings is 1. The van der Waals surface area contributed by atoms with E-state index in [1.165, 1.54) is 4.70 Å². The number of para-hydroxylation sites is 1. The van der Waals surface area contributed by atoms with Crippen molar-refractivity contribution in [1.29, 1.82) is 0 Å². The average Bonchev–Trinajstić information content (AvgIpc) is 3.07. The molecule has 3 heterocycles. The van der Waals surface area contributed by atoms with Gasteiger partial charge in [0.2, 0.25) is 5.78 Å². The van der Waals surface area contributed by atoms with Gasteiger partial charge in [-0.2, -0.15) is 0 Å². The van der Waals surface area contributed by atoms with Crippen LogP contribution in [0.25, 0.3) is 16.0 Å². The zero-order valence-electron chi connectivity index (χ0n) is 10.7. The van der Waals surface area contributed by atoms with Gasteiger partial charge in [-0.05, 0) is 18.2 Å². The highest BCUT2D eigenvalue weighted by molar-refractivity contribution is 8.00. The van der Waals surface area contributed by atoms with Gasteiger partial charge in [0.1, 0.15) is 5.15 Å². The number of fused-ring (bicyclic) bond motifs is 2. The van der Waals surface area contributed by atoms with E-state index >= 15 is 0 Å². The van der Waals surface area contributed by atoms with Gasteiger partial charge in [0.15, 0.2) is 4.34 Å². The van der Waals surface area contributed by atoms with Gasteiger partial charge in [-0.25, -0.2) is 15.0 Å². The number of imidazole rings is 1. The third-order valence-corrected chi connectivity index (χ3v) is 5.61. The van der Waals surface area contributed by atoms with Crippen molar-refractivity contribution in [2.45, 2.75) is 10.1 Å². The van der Waals surface area contributed by atoms with Gasteiger partial charge in [-0.1, -0.05) is 35.5 Å². The molecule has 4 rings (SSSR count). The van der Waals surface area contributed by atoms with E-state index in [0.717, 1.165) is 15.6 Å². The first-order valence-corrected chi connectivity index (χ1v) is 8.45. The van der Waals surface area contributed by atoms with E-state index in [2.05, 4.69) is 21.0 Å². The van der Waals surface area contributed by atoms with Gasteiger partial charge in [0.25, 0.3) is 0 Å². The average molecular weight is 333 g/mol. The minimum Gasteiger partial charge on any atom is -0.274 e. The van der Waals surface area contributed by atoms with Gasteiger partial charge in [0, 0.05) is 18.1 Å². The second kappa shape index (κ2) is 5.29. The number of rotatable bonds is 3. The monoisotopic (exact) mass is 332 g/mol. The van der Waals surface area contributed by atoms with Crippen molar-refractivity contribution in [2.75, 3.05) is 0 Å². The first-order valence-electron chi connectivity index (χ1n) is 6.27. The number of hydrogen-bond acceptors (Lipinski definition) is 5. The molecule has 0 saturated carbocycles. The molecule has 0 saturated heterocycles. The fourth-order valence-electron chi connectivity index (χ4n) is 2.04. The molecule has 0 spiro atoms. The van der Waals surface area contributed by atoms with Crippen LogP contribution >= 0.6 is 34.7 Å². The van der Waals surface area contributed by atoms with Crippen LogP contribution in [0, 0.1) is 0 Å². The molecule has 0 amide bonds. The third-order valence-electron chi connectivity index (χ3n) is 3.02. The normalized spacial score (nSPS) is 11.5. The number of nitrogens with zero attached hydrogens (tertiary/aromatic N) is 4. The van der Waals surface area contributed by atoms with E-state index in [1.54, 1.807) is 33.7 Å². The van der Waals surface area contributed by atoms with Crippen LogP contribution in [0.5, 0.6) is 0 Å². The van der Waals surface area contributed by atoms with E-state index < -0.39 is 0 Å². The van der Waals surface area contributed by atoms with Crippen LogP contribution in [-0.2, 0) is 5.75 Å². The SMILES string of the molecule is Clc1c(CSc2nc3ccccc3s2)nc2ncccn12. The summed E-state index contributed by atoms with van der Waals surface area (Å²) in [6, 6.07) is 9.97. The Bertz CT molecular complexity index is 898. The molecular formula is C14H9ClN4S2. The second-order valence-electron chi connectivity index (χ2n) is 4.38. The Morgan fingerprint density at radius 1 is 1.19 bits per heavy atom. The molecule has 0 bridgehead atoms. The molecule has 21 heavy (non-hydrogen) atoms. The summed E-state index contributed by atoms with van der Waals surface area (Å²) in [6.45, 7) is 0. The summed E-state index contributed by atoms with van der Waals surface area (Å²) < 4.78 is 4.01. The lowest BCUT2D eigenvalue weighted by Crippen LogP contribution is -1.85. The van der Waals surface area contributed by atoms with Crippen molar-refractivity contribution in [1.82, 2.24) is 19.4 Å². The molecule has 0 unspecified atom stereocenters. The van der Waals surface area contributed by atoms with Crippen LogP contribution in [0.2, 0.25) is 5.15 Å². The number of aromatic nitrogens is 4. The Hall–Kier alpha value is -1.63. The van der Waals surface area contributed by atoms with Crippen LogP contribution in [0.15, 0.2) is 47.1 Å². The molecule has 0 aliphatic heterocycles. The predicted octanol–water partition coefficient (Wildman–Crippen LogP) is 4.28. The number of thioether (sulfide) groups is 1. The van der Waals surface area contributed by atoms with Gasteiger partial charge in [-0.3, -0.25) is 4.40 Å². The van der Waals surface area contributed by atoms with Gasteiger partial charge >= 0.3 is 0 Å². The minimum absolute atomic E-state index is 0.617. The molecule has 104 valence electrons. The van der Waals surface area contributed by atoms with Gasteiger partial charge < -0.3 is 0 Å². The van der Waals surface area contributed by atoms with E-state index in [9.17, 15) is 0 Å². The van der Waals surface area contributed by atoms with Crippen LogP contribution in [0.1, 0.15) is 5.69 Å². The predicted molar refractivity (Wildman–Crippen MR) is 87.2 cm³/mol. The summed E-state index contributed by atoms with van der Waals surface area (Å²) in [5.74, 6) is 1.31. The topological polar surface area (TPSA) is 43.1 Å². The van der Waals surface area contributed by atoms with E-state index in [1.807, 2.05) is 30.5 Å². The molecule has 3 aromatic heterocycles. The van der Waals surface area contributed by atoms with E-state index in [-0.39, 0.29) is 0 Å². The first kappa shape index (κ1) is 13.1. The zero-order chi connectivity index (χ0) is 14.2. The molecule has 1 aromatic carbocycles. The molecule has 0 fully saturated rings. The van der Waals surface area contributed by atoms with Crippen LogP contribution in [-0.4, -0.2) is 19.4 Å². The van der Waals surface area contributed by atoms with Gasteiger partial charge in [0.05, 0.1) is 15.9 Å². The first-order chi connectivity index (χ1) is 10.3. The highest BCUT2D eigenvalue weighted by Crippen LogP contribution is 2.32. The van der Waals surface area contributed by atoms with E-state index in [0.29, 0.717) is 16.7 Å². The molecule has 0 aliphatic rings. The molecule has 0 N–H and O–H groups in total. The summed E-state index contributed by atoms with van der Waals surface area (Å²) in [6.07, 6.45) is 3.58. The maximum absolute atomic E-state index is 6.33. The van der Waals surface area contributed by atoms with Crippen molar-refractivity contribution < 1.29 is 0 Å². The second-order valence-corrected chi connectivity index (χ2v) is 6.99. The van der Waals surface area contributed by atoms with Crippen LogP contribution in [0.3, 0.4) is 0 Å². The molecule has 4 aromatic rings. The molecular weight excluding hydrogens is 324 g/mol. The number of halogens is 1. The fraction of sp³-hybridized carbons (Fsp3) is 0.0714. The van der Waals surface area contributed by atoms with Gasteiger partial charge in [-0.15, -0.1) is 11.3 Å². The molecule has 0 atom stereocenters. The summed E-state index contributed by atoms with van der Waals surface area (Å²) in [5, 5.41) is 0.617. The Kier molecular flexibility index (Phi) is 3.29. The number of hydrogen-bond donors (Lipinski definition) is 0. The Balaban J connectivity index is 1.61. The zero-order valence-corrected chi connectivity index (χ0v) is 13.1. The van der Waals surface area contributed by atoms with Crippen LogP contribution < -0.4 is 0 Å². The quantitative estimate of drug-likeness (QED) is 0.525. The Morgan fingerprint density at radius 2 is 2.10 bits per heavy atom. The van der Waals surface area contributed by atoms with Crippen molar-refractivity contribution in [3.8, 4) is 0 Å². The Labute approximate surface area is 133 Å². The lowest BCUT2D eigenvalue weighted by Gasteiger charge is -1.95. The van der Waals surface area contributed by atoms with Crippen molar-refractivity contribution in [3.05, 3.63) is 53.6 Å². The van der Waals surface area contributed by atoms with Crippen molar-refractivity contribution >= 4 is 50.7 Å². The summed E-state index contributed by atoms with van der Waals surface area (Å²) in [5.41, 5.74) is 1.87. The summed E-state index contributed by atoms with van der Waals surface area (Å²) >= 11 is 9.67. The molecule has 4 nitrogen and oxygen atoms in total. The Morgan fingerprint density at radius 3 is 2.95 bits per heavy atom. The van der Waals surface area contributed by atoms with Crippen LogP contribution in [0.4, 0.5) is 0 Å². The maximum atomic E-state index is 6.33. The van der Waals surface area contributed by atoms with Crippen molar-refractivity contribution in [3.63, 3.8) is 0 Å². The largest absolute Gasteiger partial charge is 0.274 e. The smallest absolute Gasteiger partial charge is 0.235 e. The summed E-state index contributed by atoms with van der Waals surface area (Å²) in [7, 11) is 0.